The number of nitrogens with zero attached hydrogens (tertiary/aromatic N) is 1. The van der Waals surface area contributed by atoms with Gasteiger partial charge in [0.05, 0.1) is 13.7 Å². The maximum Gasteiger partial charge on any atom is 0.373 e. The number of esters is 1. The van der Waals surface area contributed by atoms with Crippen LogP contribution in [0.1, 0.15) is 23.2 Å². The summed E-state index contributed by atoms with van der Waals surface area (Å²) in [5.41, 5.74) is 0. The van der Waals surface area contributed by atoms with Crippen LogP contribution in [0.3, 0.4) is 0 Å². The molecule has 0 aliphatic rings. The number of likely N-dealkylation sites (N-methyl/N-ethyl adjacent to an activating group) is 1. The Morgan fingerprint density at radius 1 is 1.53 bits per heavy atom. The zero-order chi connectivity index (χ0) is 12.8. The van der Waals surface area contributed by atoms with Gasteiger partial charge in [-0.2, -0.15) is 0 Å². The summed E-state index contributed by atoms with van der Waals surface area (Å²) in [4.78, 5) is 13.3. The number of hydrogen-bond donors (Lipinski definition) is 1. The van der Waals surface area contributed by atoms with Gasteiger partial charge in [0, 0.05) is 12.6 Å². The zero-order valence-electron chi connectivity index (χ0n) is 10.8. The Morgan fingerprint density at radius 3 is 2.82 bits per heavy atom. The largest absolute Gasteiger partial charge is 0.463 e. The van der Waals surface area contributed by atoms with Crippen molar-refractivity contribution in [3.8, 4) is 0 Å². The molecule has 0 fully saturated rings. The Balaban J connectivity index is 2.42. The Morgan fingerprint density at radius 2 is 2.24 bits per heavy atom. The lowest BCUT2D eigenvalue weighted by Crippen LogP contribution is -2.35. The van der Waals surface area contributed by atoms with Crippen LogP contribution in [0.25, 0.3) is 0 Å². The number of carbonyl (C=O) groups is 1. The average molecular weight is 240 g/mol. The van der Waals surface area contributed by atoms with Gasteiger partial charge >= 0.3 is 5.97 Å². The highest BCUT2D eigenvalue weighted by atomic mass is 16.5. The number of furan rings is 1. The van der Waals surface area contributed by atoms with Crippen LogP contribution in [0, 0.1) is 0 Å². The van der Waals surface area contributed by atoms with Crippen molar-refractivity contribution >= 4 is 5.97 Å². The van der Waals surface area contributed by atoms with Gasteiger partial charge in [0.25, 0.3) is 0 Å². The third-order valence-corrected chi connectivity index (χ3v) is 2.31. The standard InChI is InChI=1S/C12H20N2O3/c1-9(8-14(2)3)13-7-10-5-6-11(17-10)12(15)16-4/h5-6,9,13H,7-8H2,1-4H3. The van der Waals surface area contributed by atoms with Crippen molar-refractivity contribution in [2.75, 3.05) is 27.7 Å². The lowest BCUT2D eigenvalue weighted by Gasteiger charge is -2.17. The van der Waals surface area contributed by atoms with Gasteiger partial charge in [0.1, 0.15) is 5.76 Å². The van der Waals surface area contributed by atoms with Gasteiger partial charge in [-0.3, -0.25) is 0 Å². The molecule has 1 atom stereocenters. The van der Waals surface area contributed by atoms with Crippen LogP contribution in [0.4, 0.5) is 0 Å². The molecule has 0 aromatic carbocycles. The Bertz CT molecular complexity index is 360. The smallest absolute Gasteiger partial charge is 0.373 e. The van der Waals surface area contributed by atoms with E-state index in [9.17, 15) is 4.79 Å². The molecule has 0 saturated carbocycles. The highest BCUT2D eigenvalue weighted by molar-refractivity contribution is 5.86. The van der Waals surface area contributed by atoms with E-state index in [0.29, 0.717) is 12.6 Å². The van der Waals surface area contributed by atoms with E-state index in [0.717, 1.165) is 12.3 Å². The van der Waals surface area contributed by atoms with Gasteiger partial charge in [-0.25, -0.2) is 4.79 Å². The molecular weight excluding hydrogens is 220 g/mol. The van der Waals surface area contributed by atoms with Gasteiger partial charge < -0.3 is 19.4 Å². The zero-order valence-corrected chi connectivity index (χ0v) is 10.8. The number of rotatable bonds is 6. The Labute approximate surface area is 102 Å². The second kappa shape index (κ2) is 6.42. The molecule has 0 bridgehead atoms. The molecule has 1 unspecified atom stereocenters. The third-order valence-electron chi connectivity index (χ3n) is 2.31. The van der Waals surface area contributed by atoms with Crippen molar-refractivity contribution in [2.45, 2.75) is 19.5 Å². The van der Waals surface area contributed by atoms with Crippen LogP contribution < -0.4 is 5.32 Å². The summed E-state index contributed by atoms with van der Waals surface area (Å²) in [6.45, 7) is 3.65. The summed E-state index contributed by atoms with van der Waals surface area (Å²) in [5.74, 6) is 0.526. The first-order chi connectivity index (χ1) is 8.02. The van der Waals surface area contributed by atoms with E-state index in [4.69, 9.17) is 4.42 Å². The summed E-state index contributed by atoms with van der Waals surface area (Å²) in [6, 6.07) is 3.76. The first kappa shape index (κ1) is 13.7. The minimum atomic E-state index is -0.447. The number of carbonyl (C=O) groups excluding carboxylic acids is 1. The molecule has 96 valence electrons. The number of hydrogen-bond acceptors (Lipinski definition) is 5. The predicted molar refractivity (Wildman–Crippen MR) is 64.9 cm³/mol. The number of ether oxygens (including phenoxy) is 1. The summed E-state index contributed by atoms with van der Waals surface area (Å²) < 4.78 is 9.91. The molecule has 1 heterocycles. The molecule has 0 aliphatic carbocycles. The molecule has 0 aliphatic heterocycles. The molecule has 1 aromatic rings. The molecule has 0 radical (unpaired) electrons. The molecule has 0 saturated heterocycles. The van der Waals surface area contributed by atoms with E-state index in [1.807, 2.05) is 14.1 Å². The van der Waals surface area contributed by atoms with Crippen LogP contribution >= 0.6 is 0 Å². The van der Waals surface area contributed by atoms with Crippen LogP contribution in [0.15, 0.2) is 16.5 Å². The van der Waals surface area contributed by atoms with E-state index in [2.05, 4.69) is 21.9 Å². The molecule has 5 nitrogen and oxygen atoms in total. The highest BCUT2D eigenvalue weighted by Crippen LogP contribution is 2.08. The molecule has 1 aromatic heterocycles. The first-order valence-electron chi connectivity index (χ1n) is 5.58. The first-order valence-corrected chi connectivity index (χ1v) is 5.58. The van der Waals surface area contributed by atoms with Crippen LogP contribution in [0.2, 0.25) is 0 Å². The van der Waals surface area contributed by atoms with Gasteiger partial charge in [-0.05, 0) is 33.2 Å². The van der Waals surface area contributed by atoms with Gasteiger partial charge in [-0.15, -0.1) is 0 Å². The summed E-state index contributed by atoms with van der Waals surface area (Å²) in [7, 11) is 5.39. The quantitative estimate of drug-likeness (QED) is 0.755. The monoisotopic (exact) mass is 240 g/mol. The molecule has 0 amide bonds. The molecule has 1 rings (SSSR count). The molecule has 5 heteroatoms. The summed E-state index contributed by atoms with van der Waals surface area (Å²) in [5, 5.41) is 3.31. The SMILES string of the molecule is COC(=O)c1ccc(CNC(C)CN(C)C)o1. The minimum Gasteiger partial charge on any atom is -0.463 e. The highest BCUT2D eigenvalue weighted by Gasteiger charge is 2.11. The van der Waals surface area contributed by atoms with Gasteiger partial charge in [0.2, 0.25) is 5.76 Å². The maximum absolute atomic E-state index is 11.2. The predicted octanol–water partition coefficient (Wildman–Crippen LogP) is 1.11. The van der Waals surface area contributed by atoms with Crippen molar-refractivity contribution in [2.24, 2.45) is 0 Å². The van der Waals surface area contributed by atoms with Crippen LogP contribution in [-0.2, 0) is 11.3 Å². The van der Waals surface area contributed by atoms with Crippen molar-refractivity contribution < 1.29 is 13.9 Å². The van der Waals surface area contributed by atoms with Gasteiger partial charge in [0.15, 0.2) is 0 Å². The van der Waals surface area contributed by atoms with Crippen LogP contribution in [-0.4, -0.2) is 44.7 Å². The lowest BCUT2D eigenvalue weighted by atomic mass is 10.3. The van der Waals surface area contributed by atoms with E-state index < -0.39 is 5.97 Å². The van der Waals surface area contributed by atoms with Crippen molar-refractivity contribution in [3.63, 3.8) is 0 Å². The fourth-order valence-electron chi connectivity index (χ4n) is 1.57. The maximum atomic E-state index is 11.2. The Kier molecular flexibility index (Phi) is 5.18. The van der Waals surface area contributed by atoms with Crippen molar-refractivity contribution in [1.82, 2.24) is 10.2 Å². The summed E-state index contributed by atoms with van der Waals surface area (Å²) >= 11 is 0. The van der Waals surface area contributed by atoms with E-state index >= 15 is 0 Å². The second-order valence-corrected chi connectivity index (χ2v) is 4.30. The lowest BCUT2D eigenvalue weighted by molar-refractivity contribution is 0.0563. The third kappa shape index (κ3) is 4.58. The van der Waals surface area contributed by atoms with Gasteiger partial charge in [-0.1, -0.05) is 0 Å². The number of nitrogens with one attached hydrogen (secondary N) is 1. The number of methoxy groups -OCH3 is 1. The van der Waals surface area contributed by atoms with E-state index in [1.165, 1.54) is 7.11 Å². The topological polar surface area (TPSA) is 54.7 Å². The Hall–Kier alpha value is -1.33. The molecule has 0 spiro atoms. The minimum absolute atomic E-state index is 0.240. The molecular formula is C12H20N2O3. The van der Waals surface area contributed by atoms with E-state index in [1.54, 1.807) is 12.1 Å². The van der Waals surface area contributed by atoms with Crippen LogP contribution in [0.5, 0.6) is 0 Å². The summed E-state index contributed by atoms with van der Waals surface area (Å²) in [6.07, 6.45) is 0. The normalized spacial score (nSPS) is 12.8. The fourth-order valence-corrected chi connectivity index (χ4v) is 1.57. The van der Waals surface area contributed by atoms with Crippen molar-refractivity contribution in [1.29, 1.82) is 0 Å². The molecule has 1 N–H and O–H groups in total. The fraction of sp³-hybridized carbons (Fsp3) is 0.583. The molecule has 17 heavy (non-hydrogen) atoms. The second-order valence-electron chi connectivity index (χ2n) is 4.30. The average Bonchev–Trinajstić information content (AvgIpc) is 2.73. The van der Waals surface area contributed by atoms with Crippen molar-refractivity contribution in [3.05, 3.63) is 23.7 Å². The van der Waals surface area contributed by atoms with E-state index in [-0.39, 0.29) is 5.76 Å².